The molecule has 2 aliphatic rings. The predicted molar refractivity (Wildman–Crippen MR) is 97.1 cm³/mol. The second kappa shape index (κ2) is 7.45. The Bertz CT molecular complexity index is 864. The fraction of sp³-hybridized carbons (Fsp3) is 0.529. The Morgan fingerprint density at radius 2 is 2.00 bits per heavy atom. The van der Waals surface area contributed by atoms with Gasteiger partial charge in [-0.05, 0) is 25.5 Å². The third-order valence-electron chi connectivity index (χ3n) is 4.62. The predicted octanol–water partition coefficient (Wildman–Crippen LogP) is 0.194. The van der Waals surface area contributed by atoms with E-state index in [9.17, 15) is 18.0 Å². The van der Waals surface area contributed by atoms with Crippen molar-refractivity contribution in [3.05, 3.63) is 17.7 Å². The van der Waals surface area contributed by atoms with Crippen LogP contribution in [0.4, 0.5) is 5.69 Å². The van der Waals surface area contributed by atoms with E-state index in [1.807, 2.05) is 0 Å². The quantitative estimate of drug-likeness (QED) is 0.778. The Balaban J connectivity index is 1.82. The summed E-state index contributed by atoms with van der Waals surface area (Å²) in [5.41, 5.74) is 0.888. The number of aryl methyl sites for hydroxylation is 1. The number of fused-ring (bicyclic) bond motifs is 1. The average molecular weight is 397 g/mol. The van der Waals surface area contributed by atoms with Crippen LogP contribution in [0.2, 0.25) is 0 Å². The molecule has 10 heteroatoms. The molecule has 0 saturated carbocycles. The van der Waals surface area contributed by atoms with Gasteiger partial charge < -0.3 is 19.7 Å². The Labute approximate surface area is 158 Å². The summed E-state index contributed by atoms with van der Waals surface area (Å²) >= 11 is 0. The van der Waals surface area contributed by atoms with Crippen molar-refractivity contribution in [2.45, 2.75) is 24.8 Å². The van der Waals surface area contributed by atoms with Gasteiger partial charge in [-0.2, -0.15) is 4.31 Å². The number of carbonyl (C=O) groups excluding carboxylic acids is 2. The Morgan fingerprint density at radius 3 is 2.67 bits per heavy atom. The SMILES string of the molecule is Cc1cc2c(cc1S(=O)(=O)N(C)CC(=O)N1CCOCC1)OC(C)C(=O)N2. The van der Waals surface area contributed by atoms with Crippen molar-refractivity contribution in [3.8, 4) is 5.75 Å². The summed E-state index contributed by atoms with van der Waals surface area (Å²) in [6.45, 7) is 4.77. The van der Waals surface area contributed by atoms with E-state index < -0.39 is 16.1 Å². The molecule has 0 radical (unpaired) electrons. The third-order valence-corrected chi connectivity index (χ3v) is 6.56. The standard InChI is InChI=1S/C17H23N3O6S/c1-11-8-13-14(26-12(2)17(22)18-13)9-15(11)27(23,24)19(3)10-16(21)20-4-6-25-7-5-20/h8-9,12H,4-7,10H2,1-3H3,(H,18,22). The van der Waals surface area contributed by atoms with E-state index in [0.29, 0.717) is 43.3 Å². The molecule has 3 rings (SSSR count). The number of anilines is 1. The topological polar surface area (TPSA) is 105 Å². The maximum absolute atomic E-state index is 13.0. The molecule has 0 aromatic heterocycles. The molecular formula is C17H23N3O6S. The van der Waals surface area contributed by atoms with Crippen molar-refractivity contribution >= 4 is 27.5 Å². The maximum Gasteiger partial charge on any atom is 0.265 e. The molecule has 0 bridgehead atoms. The first kappa shape index (κ1) is 19.6. The molecule has 148 valence electrons. The van der Waals surface area contributed by atoms with Gasteiger partial charge in [0.1, 0.15) is 5.75 Å². The van der Waals surface area contributed by atoms with Gasteiger partial charge in [-0.15, -0.1) is 0 Å². The smallest absolute Gasteiger partial charge is 0.265 e. The normalized spacial score (nSPS) is 20.1. The van der Waals surface area contributed by atoms with Gasteiger partial charge in [0.2, 0.25) is 15.9 Å². The molecule has 1 N–H and O–H groups in total. The molecule has 0 aliphatic carbocycles. The van der Waals surface area contributed by atoms with Gasteiger partial charge >= 0.3 is 0 Å². The molecule has 2 aliphatic heterocycles. The number of carbonyl (C=O) groups is 2. The van der Waals surface area contributed by atoms with Crippen molar-refractivity contribution in [2.75, 3.05) is 45.2 Å². The van der Waals surface area contributed by atoms with E-state index >= 15 is 0 Å². The first-order valence-corrected chi connectivity index (χ1v) is 10.1. The van der Waals surface area contributed by atoms with Gasteiger partial charge in [0.15, 0.2) is 6.10 Å². The molecule has 1 saturated heterocycles. The highest BCUT2D eigenvalue weighted by molar-refractivity contribution is 7.89. The second-order valence-electron chi connectivity index (χ2n) is 6.62. The lowest BCUT2D eigenvalue weighted by Gasteiger charge is -2.29. The molecule has 1 aromatic carbocycles. The minimum absolute atomic E-state index is 0.0434. The third kappa shape index (κ3) is 3.92. The minimum Gasteiger partial charge on any atom is -0.479 e. The number of nitrogens with zero attached hydrogens (tertiary/aromatic N) is 2. The van der Waals surface area contributed by atoms with E-state index in [4.69, 9.17) is 9.47 Å². The van der Waals surface area contributed by atoms with Crippen LogP contribution in [0.25, 0.3) is 0 Å². The molecule has 1 aromatic rings. The summed E-state index contributed by atoms with van der Waals surface area (Å²) < 4.78 is 37.7. The average Bonchev–Trinajstić information content (AvgIpc) is 2.63. The Morgan fingerprint density at radius 1 is 1.33 bits per heavy atom. The van der Waals surface area contributed by atoms with E-state index in [-0.39, 0.29) is 23.3 Å². The first-order chi connectivity index (χ1) is 12.7. The number of hydrogen-bond acceptors (Lipinski definition) is 6. The van der Waals surface area contributed by atoms with Crippen LogP contribution in [0.5, 0.6) is 5.75 Å². The van der Waals surface area contributed by atoms with Crippen molar-refractivity contribution < 1.29 is 27.5 Å². The lowest BCUT2D eigenvalue weighted by atomic mass is 10.1. The molecule has 2 amide bonds. The zero-order valence-electron chi connectivity index (χ0n) is 15.5. The van der Waals surface area contributed by atoms with Crippen LogP contribution < -0.4 is 10.1 Å². The fourth-order valence-electron chi connectivity index (χ4n) is 2.98. The zero-order valence-corrected chi connectivity index (χ0v) is 16.3. The van der Waals surface area contributed by atoms with Crippen LogP contribution >= 0.6 is 0 Å². The van der Waals surface area contributed by atoms with Crippen LogP contribution in [-0.4, -0.2) is 75.4 Å². The second-order valence-corrected chi connectivity index (χ2v) is 8.63. The van der Waals surface area contributed by atoms with Gasteiger partial charge in [0.25, 0.3) is 5.91 Å². The van der Waals surface area contributed by atoms with Crippen LogP contribution in [0.1, 0.15) is 12.5 Å². The van der Waals surface area contributed by atoms with Gasteiger partial charge in [0.05, 0.1) is 30.3 Å². The van der Waals surface area contributed by atoms with Gasteiger partial charge in [-0.1, -0.05) is 0 Å². The molecule has 2 heterocycles. The monoisotopic (exact) mass is 397 g/mol. The van der Waals surface area contributed by atoms with Crippen molar-refractivity contribution in [3.63, 3.8) is 0 Å². The summed E-state index contributed by atoms with van der Waals surface area (Å²) in [6, 6.07) is 2.95. The summed E-state index contributed by atoms with van der Waals surface area (Å²) in [6.07, 6.45) is -0.712. The first-order valence-electron chi connectivity index (χ1n) is 8.64. The molecule has 27 heavy (non-hydrogen) atoms. The fourth-order valence-corrected chi connectivity index (χ4v) is 4.31. The van der Waals surface area contributed by atoms with Crippen molar-refractivity contribution in [2.24, 2.45) is 0 Å². The van der Waals surface area contributed by atoms with Crippen molar-refractivity contribution in [1.29, 1.82) is 0 Å². The molecule has 0 spiro atoms. The Kier molecular flexibility index (Phi) is 5.41. The number of hydrogen-bond donors (Lipinski definition) is 1. The zero-order chi connectivity index (χ0) is 19.8. The maximum atomic E-state index is 13.0. The largest absolute Gasteiger partial charge is 0.479 e. The van der Waals surface area contributed by atoms with E-state index in [1.165, 1.54) is 13.1 Å². The number of likely N-dealkylation sites (N-methyl/N-ethyl adjacent to an activating group) is 1. The van der Waals surface area contributed by atoms with Crippen LogP contribution in [0.3, 0.4) is 0 Å². The van der Waals surface area contributed by atoms with Gasteiger partial charge in [-0.25, -0.2) is 8.42 Å². The van der Waals surface area contributed by atoms with Crippen LogP contribution in [-0.2, 0) is 24.3 Å². The number of morpholine rings is 1. The molecule has 1 fully saturated rings. The van der Waals surface area contributed by atoms with E-state index in [1.54, 1.807) is 24.8 Å². The van der Waals surface area contributed by atoms with Gasteiger partial charge in [-0.3, -0.25) is 9.59 Å². The van der Waals surface area contributed by atoms with E-state index in [2.05, 4.69) is 5.32 Å². The number of amides is 2. The highest BCUT2D eigenvalue weighted by Crippen LogP contribution is 2.35. The number of rotatable bonds is 4. The molecule has 9 nitrogen and oxygen atoms in total. The molecular weight excluding hydrogens is 374 g/mol. The lowest BCUT2D eigenvalue weighted by molar-refractivity contribution is -0.135. The highest BCUT2D eigenvalue weighted by atomic mass is 32.2. The number of sulfonamides is 1. The minimum atomic E-state index is -3.91. The number of benzene rings is 1. The van der Waals surface area contributed by atoms with Crippen molar-refractivity contribution in [1.82, 2.24) is 9.21 Å². The summed E-state index contributed by atoms with van der Waals surface area (Å²) in [5, 5.41) is 2.69. The number of nitrogens with one attached hydrogen (secondary N) is 1. The van der Waals surface area contributed by atoms with Crippen LogP contribution in [0, 0.1) is 6.92 Å². The van der Waals surface area contributed by atoms with E-state index in [0.717, 1.165) is 4.31 Å². The molecule has 1 unspecified atom stereocenters. The Hall–Kier alpha value is -2.17. The molecule has 1 atom stereocenters. The summed E-state index contributed by atoms with van der Waals surface area (Å²) in [5.74, 6) is -0.262. The summed E-state index contributed by atoms with van der Waals surface area (Å²) in [7, 11) is -2.53. The number of ether oxygens (including phenoxy) is 2. The highest BCUT2D eigenvalue weighted by Gasteiger charge is 2.31. The lowest BCUT2D eigenvalue weighted by Crippen LogP contribution is -2.46. The van der Waals surface area contributed by atoms with Crippen LogP contribution in [0.15, 0.2) is 17.0 Å². The summed E-state index contributed by atoms with van der Waals surface area (Å²) in [4.78, 5) is 25.7. The van der Waals surface area contributed by atoms with Gasteiger partial charge in [0, 0.05) is 26.2 Å².